The first-order valence-corrected chi connectivity index (χ1v) is 9.19. The van der Waals surface area contributed by atoms with Crippen molar-refractivity contribution in [1.82, 2.24) is 9.88 Å². The number of anilines is 1. The lowest BCUT2D eigenvalue weighted by Crippen LogP contribution is -2.44. The van der Waals surface area contributed by atoms with Gasteiger partial charge in [-0.3, -0.25) is 4.79 Å². The predicted octanol–water partition coefficient (Wildman–Crippen LogP) is 3.08. The molecule has 1 aliphatic carbocycles. The van der Waals surface area contributed by atoms with Crippen LogP contribution in [0.1, 0.15) is 49.5 Å². The van der Waals surface area contributed by atoms with Gasteiger partial charge in [0, 0.05) is 25.0 Å². The van der Waals surface area contributed by atoms with Gasteiger partial charge in [-0.25, -0.2) is 9.78 Å². The van der Waals surface area contributed by atoms with Crippen LogP contribution in [-0.2, 0) is 9.53 Å². The van der Waals surface area contributed by atoms with Gasteiger partial charge in [-0.1, -0.05) is 25.3 Å². The summed E-state index contributed by atoms with van der Waals surface area (Å²) in [7, 11) is 1.79. The van der Waals surface area contributed by atoms with E-state index in [-0.39, 0.29) is 17.6 Å². The van der Waals surface area contributed by atoms with Crippen molar-refractivity contribution in [3.63, 3.8) is 0 Å². The highest BCUT2D eigenvalue weighted by Gasteiger charge is 2.28. The number of hydrogen-bond acceptors (Lipinski definition) is 6. The highest BCUT2D eigenvalue weighted by molar-refractivity contribution is 7.13. The first-order valence-electron chi connectivity index (χ1n) is 8.31. The van der Waals surface area contributed by atoms with Crippen molar-refractivity contribution >= 4 is 28.3 Å². The Balaban J connectivity index is 1.88. The Bertz CT molecular complexity index is 581. The molecule has 1 heterocycles. The van der Waals surface area contributed by atoms with Crippen LogP contribution in [0.5, 0.6) is 0 Å². The third kappa shape index (κ3) is 4.80. The molecule has 132 valence electrons. The van der Waals surface area contributed by atoms with E-state index in [9.17, 15) is 9.59 Å². The Morgan fingerprint density at radius 3 is 2.88 bits per heavy atom. The summed E-state index contributed by atoms with van der Waals surface area (Å²) in [5.41, 5.74) is 0.214. The molecule has 1 saturated carbocycles. The van der Waals surface area contributed by atoms with Crippen molar-refractivity contribution in [3.05, 3.63) is 23.7 Å². The van der Waals surface area contributed by atoms with Gasteiger partial charge in [0.15, 0.2) is 16.9 Å². The highest BCUT2D eigenvalue weighted by atomic mass is 32.1. The second-order valence-electron chi connectivity index (χ2n) is 6.00. The van der Waals surface area contributed by atoms with Crippen molar-refractivity contribution in [2.45, 2.75) is 51.2 Å². The minimum Gasteiger partial charge on any atom is -0.448 e. The summed E-state index contributed by atoms with van der Waals surface area (Å²) < 4.78 is 5.29. The van der Waals surface area contributed by atoms with Crippen LogP contribution in [0, 0.1) is 0 Å². The van der Waals surface area contributed by atoms with Gasteiger partial charge in [-0.2, -0.15) is 0 Å². The Morgan fingerprint density at radius 2 is 2.21 bits per heavy atom. The molecule has 0 aliphatic heterocycles. The van der Waals surface area contributed by atoms with E-state index in [0.29, 0.717) is 11.7 Å². The number of thiazole rings is 1. The summed E-state index contributed by atoms with van der Waals surface area (Å²) in [6, 6.07) is 0.251. The zero-order chi connectivity index (χ0) is 17.5. The molecule has 1 aromatic heterocycles. The van der Waals surface area contributed by atoms with E-state index in [1.165, 1.54) is 17.8 Å². The van der Waals surface area contributed by atoms with E-state index >= 15 is 0 Å². The third-order valence-corrected chi connectivity index (χ3v) is 5.01. The summed E-state index contributed by atoms with van der Waals surface area (Å²) in [5.74, 6) is -0.730. The number of carbonyl (C=O) groups excluding carboxylic acids is 2. The maximum Gasteiger partial charge on any atom is 0.358 e. The number of nitrogens with zero attached hydrogens (tertiary/aromatic N) is 2. The van der Waals surface area contributed by atoms with Gasteiger partial charge in [0.25, 0.3) is 5.91 Å². The minimum absolute atomic E-state index is 0.157. The molecule has 2 rings (SSSR count). The van der Waals surface area contributed by atoms with Crippen LogP contribution in [0.15, 0.2) is 18.0 Å². The monoisotopic (exact) mass is 351 g/mol. The molecule has 0 radical (unpaired) electrons. The topological polar surface area (TPSA) is 71.5 Å². The van der Waals surface area contributed by atoms with Gasteiger partial charge in [-0.15, -0.1) is 17.9 Å². The molecule has 1 aliphatic rings. The molecule has 1 N–H and O–H groups in total. The second-order valence-corrected chi connectivity index (χ2v) is 6.85. The second kappa shape index (κ2) is 8.82. The molecule has 1 fully saturated rings. The summed E-state index contributed by atoms with van der Waals surface area (Å²) in [4.78, 5) is 30.5. The fourth-order valence-corrected chi connectivity index (χ4v) is 3.50. The lowest BCUT2D eigenvalue weighted by Gasteiger charge is -2.32. The number of rotatable bonds is 7. The van der Waals surface area contributed by atoms with Gasteiger partial charge in [0.1, 0.15) is 0 Å². The van der Waals surface area contributed by atoms with Gasteiger partial charge in [-0.05, 0) is 19.8 Å². The van der Waals surface area contributed by atoms with Crippen LogP contribution in [-0.4, -0.2) is 47.5 Å². The SMILES string of the molecule is C=CCNc1nc(C(=O)O[C@H](C)C(=O)N(C)C2CCCCC2)cs1. The summed E-state index contributed by atoms with van der Waals surface area (Å²) in [6.45, 7) is 5.80. The fourth-order valence-electron chi connectivity index (χ4n) is 2.81. The van der Waals surface area contributed by atoms with Crippen LogP contribution in [0.25, 0.3) is 0 Å². The van der Waals surface area contributed by atoms with Gasteiger partial charge < -0.3 is 15.0 Å². The van der Waals surface area contributed by atoms with Crippen LogP contribution in [0.3, 0.4) is 0 Å². The number of nitrogens with one attached hydrogen (secondary N) is 1. The molecule has 0 unspecified atom stereocenters. The van der Waals surface area contributed by atoms with Gasteiger partial charge in [0.05, 0.1) is 0 Å². The Kier molecular flexibility index (Phi) is 6.78. The molecule has 0 saturated heterocycles. The lowest BCUT2D eigenvalue weighted by molar-refractivity contribution is -0.141. The Morgan fingerprint density at radius 1 is 1.50 bits per heavy atom. The van der Waals surface area contributed by atoms with Crippen LogP contribution >= 0.6 is 11.3 Å². The van der Waals surface area contributed by atoms with Crippen molar-refractivity contribution in [2.24, 2.45) is 0 Å². The largest absolute Gasteiger partial charge is 0.448 e. The number of amides is 1. The van der Waals surface area contributed by atoms with Crippen molar-refractivity contribution in [2.75, 3.05) is 18.9 Å². The normalized spacial score (nSPS) is 16.2. The molecule has 0 aromatic carbocycles. The molecule has 6 nitrogen and oxygen atoms in total. The Labute approximate surface area is 146 Å². The molecule has 1 atom stereocenters. The minimum atomic E-state index is -0.810. The highest BCUT2D eigenvalue weighted by Crippen LogP contribution is 2.22. The maximum absolute atomic E-state index is 12.5. The number of hydrogen-bond donors (Lipinski definition) is 1. The quantitative estimate of drug-likeness (QED) is 0.604. The van der Waals surface area contributed by atoms with E-state index in [4.69, 9.17) is 4.74 Å². The summed E-state index contributed by atoms with van der Waals surface area (Å²) >= 11 is 1.32. The molecule has 0 spiro atoms. The summed E-state index contributed by atoms with van der Waals surface area (Å²) in [5, 5.41) is 5.26. The predicted molar refractivity (Wildman–Crippen MR) is 95.3 cm³/mol. The molecular weight excluding hydrogens is 326 g/mol. The molecule has 1 amide bonds. The van der Waals surface area contributed by atoms with E-state index in [0.717, 1.165) is 25.7 Å². The zero-order valence-corrected chi connectivity index (χ0v) is 15.1. The molecule has 0 bridgehead atoms. The number of likely N-dealkylation sites (N-methyl/N-ethyl adjacent to an activating group) is 1. The number of esters is 1. The standard InChI is InChI=1S/C17H25N3O3S/c1-4-10-18-17-19-14(11-24-17)16(22)23-12(2)15(21)20(3)13-8-6-5-7-9-13/h4,11-13H,1,5-10H2,2-3H3,(H,18,19)/t12-/m1/s1. The summed E-state index contributed by atoms with van der Waals surface area (Å²) in [6.07, 6.45) is 6.47. The lowest BCUT2D eigenvalue weighted by atomic mass is 9.94. The first-order chi connectivity index (χ1) is 11.5. The van der Waals surface area contributed by atoms with Crippen LogP contribution < -0.4 is 5.32 Å². The number of aromatic nitrogens is 1. The number of ether oxygens (including phenoxy) is 1. The zero-order valence-electron chi connectivity index (χ0n) is 14.3. The van der Waals surface area contributed by atoms with Crippen molar-refractivity contribution in [3.8, 4) is 0 Å². The molecule has 24 heavy (non-hydrogen) atoms. The van der Waals surface area contributed by atoms with Crippen molar-refractivity contribution < 1.29 is 14.3 Å². The molecule has 7 heteroatoms. The van der Waals surface area contributed by atoms with Gasteiger partial charge in [0.2, 0.25) is 0 Å². The average Bonchev–Trinajstić information content (AvgIpc) is 3.08. The molecular formula is C17H25N3O3S. The van der Waals surface area contributed by atoms with E-state index in [1.54, 1.807) is 30.3 Å². The van der Waals surface area contributed by atoms with Crippen molar-refractivity contribution in [1.29, 1.82) is 0 Å². The third-order valence-electron chi connectivity index (χ3n) is 4.21. The maximum atomic E-state index is 12.5. The average molecular weight is 351 g/mol. The number of carbonyl (C=O) groups is 2. The Hall–Kier alpha value is -1.89. The van der Waals surface area contributed by atoms with E-state index < -0.39 is 12.1 Å². The smallest absolute Gasteiger partial charge is 0.358 e. The first kappa shape index (κ1) is 18.4. The van der Waals surface area contributed by atoms with E-state index in [1.807, 2.05) is 0 Å². The van der Waals surface area contributed by atoms with E-state index in [2.05, 4.69) is 16.9 Å². The van der Waals surface area contributed by atoms with Crippen LogP contribution in [0.4, 0.5) is 5.13 Å². The van der Waals surface area contributed by atoms with Gasteiger partial charge >= 0.3 is 5.97 Å². The fraction of sp³-hybridized carbons (Fsp3) is 0.588. The molecule has 1 aromatic rings. The van der Waals surface area contributed by atoms with Crippen LogP contribution in [0.2, 0.25) is 0 Å².